The normalized spacial score (nSPS) is 23.2. The maximum absolute atomic E-state index is 15.9. The third-order valence-corrected chi connectivity index (χ3v) is 25.0. The number of thioether (sulfide) groups is 1. The number of aromatic nitrogens is 4. The van der Waals surface area contributed by atoms with Gasteiger partial charge in [0, 0.05) is 125 Å². The second kappa shape index (κ2) is 53.6. The smallest absolute Gasteiger partial charge is 0.246 e. The second-order valence-electron chi connectivity index (χ2n) is 34.7. The summed E-state index contributed by atoms with van der Waals surface area (Å²) in [4.78, 5) is 269. The van der Waals surface area contributed by atoms with Crippen LogP contribution in [0.3, 0.4) is 0 Å². The predicted molar refractivity (Wildman–Crippen MR) is 509 cm³/mol. The summed E-state index contributed by atoms with van der Waals surface area (Å²) in [6, 6.07) is 5.56. The van der Waals surface area contributed by atoms with Gasteiger partial charge in [-0.1, -0.05) is 128 Å². The minimum Gasteiger partial charge on any atom is -0.370 e. The highest BCUT2D eigenvalue weighted by Gasteiger charge is 2.44. The summed E-state index contributed by atoms with van der Waals surface area (Å²) < 4.78 is 0. The molecule has 2 saturated heterocycles. The molecule has 135 heavy (non-hydrogen) atoms. The van der Waals surface area contributed by atoms with Gasteiger partial charge in [-0.3, -0.25) is 86.9 Å². The highest BCUT2D eigenvalue weighted by atomic mass is 32.2. The van der Waals surface area contributed by atoms with Crippen molar-refractivity contribution in [2.45, 2.75) is 237 Å². The van der Waals surface area contributed by atoms with Crippen LogP contribution >= 0.6 is 11.8 Å². The Hall–Kier alpha value is -13.3. The Morgan fingerprint density at radius 3 is 1.71 bits per heavy atom. The molecule has 41 nitrogen and oxygen atoms in total. The molecule has 2 aliphatic rings. The minimum absolute atomic E-state index is 0. The Morgan fingerprint density at radius 1 is 0.548 bits per heavy atom. The quantitative estimate of drug-likeness (QED) is 0.0179. The summed E-state index contributed by atoms with van der Waals surface area (Å²) in [5.41, 5.74) is 26.5. The zero-order valence-corrected chi connectivity index (χ0v) is 78.4. The summed E-state index contributed by atoms with van der Waals surface area (Å²) >= 11 is 0.805. The second-order valence-corrected chi connectivity index (χ2v) is 35.8. The lowest BCUT2D eigenvalue weighted by Crippen LogP contribution is -2.60. The molecular formula is C93H136N24O17S. The lowest BCUT2D eigenvalue weighted by Gasteiger charge is -2.36. The number of aromatic amines is 3. The molecule has 5 heterocycles. The molecule has 0 radical (unpaired) electrons. The van der Waals surface area contributed by atoms with Crippen molar-refractivity contribution in [3.05, 3.63) is 126 Å². The molecule has 8 rings (SSSR count). The molecule has 0 unspecified atom stereocenters. The number of unbranched alkanes of at least 4 members (excludes halogenated alkanes) is 2. The molecule has 2 aliphatic heterocycles. The highest BCUT2D eigenvalue weighted by molar-refractivity contribution is 8.00. The van der Waals surface area contributed by atoms with E-state index in [9.17, 15) is 57.5 Å². The number of nitrogens with two attached hydrogens (primary N) is 4. The van der Waals surface area contributed by atoms with Crippen molar-refractivity contribution >= 4 is 140 Å². The van der Waals surface area contributed by atoms with Crippen LogP contribution in [0.2, 0.25) is 0 Å². The van der Waals surface area contributed by atoms with Gasteiger partial charge >= 0.3 is 0 Å². The molecule has 16 amide bonds. The van der Waals surface area contributed by atoms with E-state index >= 15 is 24.0 Å². The number of amides is 16. The number of likely N-dealkylation sites (N-methyl/N-ethyl adjacent to an activating group) is 4. The summed E-state index contributed by atoms with van der Waals surface area (Å²) in [7, 11) is 5.41. The van der Waals surface area contributed by atoms with Crippen LogP contribution < -0.4 is 76.1 Å². The number of guanidine groups is 1. The zero-order valence-electron chi connectivity index (χ0n) is 77.6. The topological polar surface area (TPSA) is 615 Å². The van der Waals surface area contributed by atoms with E-state index in [1.54, 1.807) is 68.7 Å². The molecule has 22 N–H and O–H groups in total. The Bertz CT molecular complexity index is 5090. The number of fused-ring (bicyclic) bond motifs is 3. The van der Waals surface area contributed by atoms with Gasteiger partial charge in [-0.25, -0.2) is 4.98 Å². The molecule has 0 aliphatic carbocycles. The average Bonchev–Trinajstić information content (AvgIpc) is 1.53. The van der Waals surface area contributed by atoms with Gasteiger partial charge in [0.05, 0.1) is 31.6 Å². The lowest BCUT2D eigenvalue weighted by molar-refractivity contribution is -0.149. The molecule has 3 aromatic heterocycles. The standard InChI is InChI=1S/C92H132N24O17S.CH4/c1-10-12-32-73-85(127)106-66(31-22-36-99-92(96)97)83(125)111-72(81(123)102-48-77(95)119)50-134-51-78(120)104-69(39-55-24-15-14-16-25-55)88(130)113(7)54(5)79(121)108-71(44-76(94)118)90(132)116-37-23-34-74(116)86(128)107-67(43-59-47-98-52-103-59)84(126)109-68(38-53(3)4)87(129)112(6)49-60(117)41-56(40-57-45-100-63-28-19-17-26-61(57)63)80(122)105-65(30-21-35-93)82(124)110-70(42-58-46-101-64-29-20-18-27-62(58)64)89(131)115(9)75(33-13-11-2)91(133)114(73)8;/h14-20,24-29,45-47,52-54,56,65-75,100-101H,10-13,21-23,30-44,48-51,93H2,1-9H3,(H2,94,118)(H2,95,119)(H,98,103)(H,102,123)(H,104,120)(H,105,122)(H,106,127)(H,107,128)(H,108,121)(H,109,126)(H,110,124)(H,111,125)(H4,96,97,99);1H4/t54-,56+,65-,66-,67-,68-,69-,70-,71-,72-,73-,74-,75-;/m0./s1. The Balaban J connectivity index is 0.0000249. The summed E-state index contributed by atoms with van der Waals surface area (Å²) in [6.45, 7) is 7.32. The SMILES string of the molecule is C.CCCC[C@H]1C(=O)N(C)[C@@H](CCCC)C(=O)N[C@@H](CCCNC(=N)N)C(=O)N[C@H](C(=O)NCC(N)=O)CSCC(=O)N[C@@H](Cc2ccccc2)C(=O)N(C)[C@@H](C)C(=O)N[C@@H](CC(N)=O)C(=O)N2CCC[C@H]2C(=O)N[C@@H](Cc2cnc[nH]2)C(=O)N[C@@H](CC(C)C)C(=O)N(C)CC(=O)C[C@@H](Cc2c[nH]c3ccccc23)C(=O)N[C@@H](CCCN)C(=O)N[C@@H](Cc2c[nH]c3ccccc23)C(=O)N1C. The lowest BCUT2D eigenvalue weighted by atomic mass is 9.92. The van der Waals surface area contributed by atoms with E-state index < -0.39 is 222 Å². The van der Waals surface area contributed by atoms with Crippen LogP contribution in [0.5, 0.6) is 0 Å². The summed E-state index contributed by atoms with van der Waals surface area (Å²) in [5.74, 6) is -17.2. The number of primary amides is 2. The highest BCUT2D eigenvalue weighted by Crippen LogP contribution is 2.28. The molecule has 42 heteroatoms. The van der Waals surface area contributed by atoms with Crippen molar-refractivity contribution in [3.8, 4) is 0 Å². The van der Waals surface area contributed by atoms with Crippen LogP contribution in [-0.2, 0) is 107 Å². The maximum atomic E-state index is 15.9. The van der Waals surface area contributed by atoms with Crippen LogP contribution in [0.15, 0.2) is 104 Å². The Kier molecular flexibility index (Phi) is 43.2. The van der Waals surface area contributed by atoms with Gasteiger partial charge in [0.1, 0.15) is 72.5 Å². The first kappa shape index (κ1) is 109. The third kappa shape index (κ3) is 32.2. The van der Waals surface area contributed by atoms with Crippen LogP contribution in [0, 0.1) is 17.2 Å². The molecule has 3 aromatic carbocycles. The summed E-state index contributed by atoms with van der Waals surface area (Å²) in [6.07, 6.45) is 6.25. The first-order chi connectivity index (χ1) is 63.9. The van der Waals surface area contributed by atoms with Gasteiger partial charge in [0.2, 0.25) is 94.5 Å². The van der Waals surface area contributed by atoms with Gasteiger partial charge in [-0.2, -0.15) is 0 Å². The van der Waals surface area contributed by atoms with Crippen LogP contribution in [0.4, 0.5) is 0 Å². The predicted octanol–water partition coefficient (Wildman–Crippen LogP) is 0.335. The molecule has 6 aromatic rings. The average molecular weight is 1890 g/mol. The monoisotopic (exact) mass is 1890 g/mol. The van der Waals surface area contributed by atoms with E-state index in [0.29, 0.717) is 64.5 Å². The van der Waals surface area contributed by atoms with E-state index in [1.165, 1.54) is 57.4 Å². The number of H-pyrrole nitrogens is 3. The molecule has 0 spiro atoms. The number of carbonyl (C=O) groups excluding carboxylic acids is 17. The van der Waals surface area contributed by atoms with Crippen molar-refractivity contribution in [2.24, 2.45) is 34.8 Å². The largest absolute Gasteiger partial charge is 0.370 e. The number of hydrogen-bond donors (Lipinski definition) is 18. The van der Waals surface area contributed by atoms with Crippen molar-refractivity contribution in [1.82, 2.24) is 97.6 Å². The number of Topliss-reactive ketones (excluding diaryl/α,β-unsaturated/α-hetero) is 1. The third-order valence-electron chi connectivity index (χ3n) is 23.9. The van der Waals surface area contributed by atoms with Crippen molar-refractivity contribution in [3.63, 3.8) is 0 Å². The molecule has 13 atom stereocenters. The molecule has 2 fully saturated rings. The van der Waals surface area contributed by atoms with E-state index in [-0.39, 0.29) is 116 Å². The fourth-order valence-electron chi connectivity index (χ4n) is 16.5. The van der Waals surface area contributed by atoms with Gasteiger partial charge in [-0.05, 0) is 112 Å². The number of hydrogen-bond acceptors (Lipinski definition) is 21. The molecule has 736 valence electrons. The molecular weight excluding hydrogens is 1760 g/mol. The van der Waals surface area contributed by atoms with Gasteiger partial charge in [0.25, 0.3) is 0 Å². The Labute approximate surface area is 790 Å². The number of nitrogens with zero attached hydrogens (tertiary/aromatic N) is 6. The van der Waals surface area contributed by atoms with E-state index in [2.05, 4.69) is 73.1 Å². The van der Waals surface area contributed by atoms with Crippen molar-refractivity contribution < 1.29 is 81.5 Å². The number of para-hydroxylation sites is 2. The van der Waals surface area contributed by atoms with Crippen LogP contribution in [0.1, 0.15) is 161 Å². The van der Waals surface area contributed by atoms with Crippen LogP contribution in [0.25, 0.3) is 21.8 Å². The minimum atomic E-state index is -1.73. The van der Waals surface area contributed by atoms with Crippen molar-refractivity contribution in [2.75, 3.05) is 72.4 Å². The van der Waals surface area contributed by atoms with Gasteiger partial charge in [0.15, 0.2) is 11.7 Å². The fourth-order valence-corrected chi connectivity index (χ4v) is 17.3. The number of rotatable bonds is 28. The number of imidazole rings is 1. The first-order valence-electron chi connectivity index (χ1n) is 45.5. The molecule has 0 bridgehead atoms. The van der Waals surface area contributed by atoms with Gasteiger partial charge < -0.3 is 116 Å². The number of benzene rings is 3. The number of nitrogens with one attached hydrogen (secondary N) is 14. The van der Waals surface area contributed by atoms with E-state index in [4.69, 9.17) is 28.3 Å². The van der Waals surface area contributed by atoms with Gasteiger partial charge in [-0.15, -0.1) is 11.8 Å². The maximum Gasteiger partial charge on any atom is 0.246 e. The van der Waals surface area contributed by atoms with E-state index in [0.717, 1.165) is 31.8 Å². The van der Waals surface area contributed by atoms with E-state index in [1.807, 2.05) is 50.2 Å². The first-order valence-corrected chi connectivity index (χ1v) is 46.7. The number of carbonyl (C=O) groups is 17. The Morgan fingerprint density at radius 2 is 1.10 bits per heavy atom. The molecule has 0 saturated carbocycles. The zero-order chi connectivity index (χ0) is 98.0. The fraction of sp³-hybridized carbons (Fsp3) is 0.538. The van der Waals surface area contributed by atoms with Crippen molar-refractivity contribution in [1.29, 1.82) is 5.41 Å². The number of ketones is 1. The summed E-state index contributed by atoms with van der Waals surface area (Å²) in [5, 5.41) is 36.4. The van der Waals surface area contributed by atoms with Crippen LogP contribution in [-0.4, -0.2) is 296 Å².